The minimum absolute atomic E-state index is 0.177. The van der Waals surface area contributed by atoms with Gasteiger partial charge in [-0.15, -0.1) is 0 Å². The number of rotatable bonds is 3. The van der Waals surface area contributed by atoms with Crippen LogP contribution in [0.2, 0.25) is 0 Å². The Labute approximate surface area is 127 Å². The molecule has 2 N–H and O–H groups in total. The van der Waals surface area contributed by atoms with Crippen LogP contribution < -0.4 is 4.72 Å². The van der Waals surface area contributed by atoms with Crippen molar-refractivity contribution in [1.82, 2.24) is 13.3 Å². The predicted octanol–water partition coefficient (Wildman–Crippen LogP) is 0.976. The lowest BCUT2D eigenvalue weighted by Crippen LogP contribution is -2.42. The van der Waals surface area contributed by atoms with Crippen molar-refractivity contribution in [3.8, 4) is 0 Å². The van der Waals surface area contributed by atoms with Crippen LogP contribution in [0.1, 0.15) is 19.8 Å². The van der Waals surface area contributed by atoms with Crippen LogP contribution in [-0.4, -0.2) is 40.7 Å². The number of nitrogens with zero attached hydrogens (tertiary/aromatic N) is 2. The van der Waals surface area contributed by atoms with Crippen molar-refractivity contribution in [1.29, 1.82) is 0 Å². The standard InChI is InChI=1S/C12H15N3O4S2/c1-8-4-6-14-10(7-13-20-14)11(8)21(18,19)15-5-2-3-9(15)12(16)17/h4,6-7,9,13H,2-3,5H2,1H3,(H,16,17). The monoisotopic (exact) mass is 329 g/mol. The number of carboxylic acids is 1. The molecule has 21 heavy (non-hydrogen) atoms. The van der Waals surface area contributed by atoms with Crippen molar-refractivity contribution >= 4 is 28.1 Å². The van der Waals surface area contributed by atoms with E-state index in [0.717, 1.165) is 4.31 Å². The zero-order chi connectivity index (χ0) is 15.2. The van der Waals surface area contributed by atoms with Crippen LogP contribution >= 0.6 is 12.1 Å². The molecule has 0 aliphatic carbocycles. The van der Waals surface area contributed by atoms with Gasteiger partial charge in [0.2, 0.25) is 10.0 Å². The quantitative estimate of drug-likeness (QED) is 0.746. The molecule has 1 fully saturated rings. The zero-order valence-corrected chi connectivity index (χ0v) is 12.9. The van der Waals surface area contributed by atoms with Gasteiger partial charge in [0.1, 0.15) is 10.9 Å². The second-order valence-corrected chi connectivity index (χ2v) is 7.64. The number of sulfonamides is 1. The maximum absolute atomic E-state index is 12.9. The first-order chi connectivity index (χ1) is 9.93. The number of fused-ring (bicyclic) bond motifs is 1. The van der Waals surface area contributed by atoms with E-state index in [1.165, 1.54) is 12.1 Å². The highest BCUT2D eigenvalue weighted by Gasteiger charge is 2.43. The van der Waals surface area contributed by atoms with Crippen LogP contribution in [0.15, 0.2) is 34.7 Å². The van der Waals surface area contributed by atoms with E-state index in [9.17, 15) is 18.3 Å². The SMILES string of the molecule is CC1=C(S(=O)(=O)N2CCCC2C(=O)O)C2=CNSN2C=C1. The Morgan fingerprint density at radius 1 is 1.52 bits per heavy atom. The third kappa shape index (κ3) is 2.25. The third-order valence-corrected chi connectivity index (χ3v) is 6.53. The molecular formula is C12H15N3O4S2. The minimum atomic E-state index is -3.84. The molecule has 3 aliphatic rings. The van der Waals surface area contributed by atoms with Gasteiger partial charge >= 0.3 is 5.97 Å². The molecule has 0 saturated carbocycles. The molecule has 0 amide bonds. The lowest BCUT2D eigenvalue weighted by atomic mass is 10.2. The summed E-state index contributed by atoms with van der Waals surface area (Å²) in [6, 6.07) is -0.975. The summed E-state index contributed by atoms with van der Waals surface area (Å²) in [5.41, 5.74) is 1.15. The first-order valence-electron chi connectivity index (χ1n) is 6.49. The van der Waals surface area contributed by atoms with Crippen molar-refractivity contribution in [2.24, 2.45) is 0 Å². The summed E-state index contributed by atoms with van der Waals surface area (Å²) in [6.45, 7) is 1.96. The molecule has 0 aromatic rings. The molecule has 0 aromatic heterocycles. The van der Waals surface area contributed by atoms with E-state index in [1.807, 2.05) is 0 Å². The molecule has 1 saturated heterocycles. The molecule has 7 nitrogen and oxygen atoms in total. The van der Waals surface area contributed by atoms with E-state index < -0.39 is 22.0 Å². The van der Waals surface area contributed by atoms with Crippen molar-refractivity contribution in [2.75, 3.05) is 6.54 Å². The van der Waals surface area contributed by atoms with Gasteiger partial charge in [0.05, 0.1) is 17.8 Å². The molecular weight excluding hydrogens is 314 g/mol. The minimum Gasteiger partial charge on any atom is -0.480 e. The van der Waals surface area contributed by atoms with Gasteiger partial charge in [-0.2, -0.15) is 4.31 Å². The molecule has 0 radical (unpaired) electrons. The maximum Gasteiger partial charge on any atom is 0.322 e. The molecule has 3 rings (SSSR count). The summed E-state index contributed by atoms with van der Waals surface area (Å²) >= 11 is 1.27. The highest BCUT2D eigenvalue weighted by atomic mass is 32.2. The lowest BCUT2D eigenvalue weighted by molar-refractivity contribution is -0.140. The summed E-state index contributed by atoms with van der Waals surface area (Å²) in [4.78, 5) is 11.4. The van der Waals surface area contributed by atoms with Crippen LogP contribution in [0, 0.1) is 0 Å². The van der Waals surface area contributed by atoms with Crippen LogP contribution in [0.5, 0.6) is 0 Å². The first kappa shape index (κ1) is 14.5. The number of carbonyl (C=O) groups is 1. The molecule has 0 bridgehead atoms. The first-order valence-corrected chi connectivity index (χ1v) is 8.70. The Morgan fingerprint density at radius 2 is 2.29 bits per heavy atom. The van der Waals surface area contributed by atoms with Gasteiger partial charge in [-0.3, -0.25) is 9.10 Å². The van der Waals surface area contributed by atoms with E-state index in [1.54, 1.807) is 29.7 Å². The van der Waals surface area contributed by atoms with Gasteiger partial charge in [-0.05, 0) is 31.4 Å². The number of carboxylic acid groups (broad SMARTS) is 1. The molecule has 3 aliphatic heterocycles. The second kappa shape index (κ2) is 5.08. The van der Waals surface area contributed by atoms with Crippen LogP contribution in [0.4, 0.5) is 0 Å². The van der Waals surface area contributed by atoms with E-state index in [0.29, 0.717) is 24.1 Å². The fourth-order valence-electron chi connectivity index (χ4n) is 2.71. The van der Waals surface area contributed by atoms with Gasteiger partial charge in [-0.25, -0.2) is 8.42 Å². The van der Waals surface area contributed by atoms with Crippen LogP contribution in [-0.2, 0) is 14.8 Å². The Morgan fingerprint density at radius 3 is 3.00 bits per heavy atom. The lowest BCUT2D eigenvalue weighted by Gasteiger charge is -2.28. The average molecular weight is 329 g/mol. The molecule has 1 atom stereocenters. The summed E-state index contributed by atoms with van der Waals surface area (Å²) in [7, 11) is -3.84. The highest BCUT2D eigenvalue weighted by molar-refractivity contribution is 7.96. The summed E-state index contributed by atoms with van der Waals surface area (Å²) in [5, 5.41) is 9.22. The van der Waals surface area contributed by atoms with Gasteiger partial charge in [0.15, 0.2) is 0 Å². The third-order valence-electron chi connectivity index (χ3n) is 3.69. The van der Waals surface area contributed by atoms with Gasteiger partial charge < -0.3 is 9.83 Å². The van der Waals surface area contributed by atoms with Gasteiger partial charge in [-0.1, -0.05) is 0 Å². The van der Waals surface area contributed by atoms with Crippen molar-refractivity contribution in [3.05, 3.63) is 34.7 Å². The molecule has 1 unspecified atom stereocenters. The normalized spacial score (nSPS) is 25.9. The maximum atomic E-state index is 12.9. The fourth-order valence-corrected chi connectivity index (χ4v) is 5.44. The topological polar surface area (TPSA) is 90.0 Å². The van der Waals surface area contributed by atoms with E-state index in [4.69, 9.17) is 0 Å². The Bertz CT molecular complexity index is 681. The second-order valence-electron chi connectivity index (χ2n) is 5.00. The van der Waals surface area contributed by atoms with Gasteiger partial charge in [0, 0.05) is 18.9 Å². The predicted molar refractivity (Wildman–Crippen MR) is 78.8 cm³/mol. The average Bonchev–Trinajstić information content (AvgIpc) is 3.06. The van der Waals surface area contributed by atoms with Crippen molar-refractivity contribution in [3.63, 3.8) is 0 Å². The Balaban J connectivity index is 2.05. The van der Waals surface area contributed by atoms with Crippen LogP contribution in [0.25, 0.3) is 0 Å². The summed E-state index contributed by atoms with van der Waals surface area (Å²) in [6.07, 6.45) is 6.04. The molecule has 9 heteroatoms. The molecule has 0 spiro atoms. The Kier molecular flexibility index (Phi) is 3.50. The number of allylic oxidation sites excluding steroid dienone is 2. The fraction of sp³-hybridized carbons (Fsp3) is 0.417. The number of aliphatic carboxylic acids is 1. The highest BCUT2D eigenvalue weighted by Crippen LogP contribution is 2.39. The van der Waals surface area contributed by atoms with Gasteiger partial charge in [0.25, 0.3) is 0 Å². The zero-order valence-electron chi connectivity index (χ0n) is 11.3. The van der Waals surface area contributed by atoms with Crippen LogP contribution in [0.3, 0.4) is 0 Å². The molecule has 0 aromatic carbocycles. The molecule has 114 valence electrons. The smallest absolute Gasteiger partial charge is 0.322 e. The van der Waals surface area contributed by atoms with Crippen molar-refractivity contribution < 1.29 is 18.3 Å². The number of hydrogen-bond acceptors (Lipinski definition) is 6. The van der Waals surface area contributed by atoms with E-state index >= 15 is 0 Å². The summed E-state index contributed by atoms with van der Waals surface area (Å²) < 4.78 is 31.6. The largest absolute Gasteiger partial charge is 0.480 e. The number of hydrogen-bond donors (Lipinski definition) is 2. The van der Waals surface area contributed by atoms with E-state index in [2.05, 4.69) is 4.72 Å². The summed E-state index contributed by atoms with van der Waals surface area (Å²) in [5.74, 6) is -1.09. The molecule has 3 heterocycles. The Hall–Kier alpha value is -1.45. The number of nitrogens with one attached hydrogen (secondary N) is 1. The van der Waals surface area contributed by atoms with Crippen molar-refractivity contribution in [2.45, 2.75) is 25.8 Å². The van der Waals surface area contributed by atoms with E-state index in [-0.39, 0.29) is 11.4 Å².